The van der Waals surface area contributed by atoms with E-state index in [1.807, 2.05) is 25.2 Å². The molecule has 2 heterocycles. The third-order valence-electron chi connectivity index (χ3n) is 3.52. The van der Waals surface area contributed by atoms with Gasteiger partial charge in [0.25, 0.3) is 0 Å². The Labute approximate surface area is 144 Å². The van der Waals surface area contributed by atoms with Crippen molar-refractivity contribution >= 4 is 28.5 Å². The molecule has 1 aromatic carbocycles. The van der Waals surface area contributed by atoms with Crippen molar-refractivity contribution in [2.75, 3.05) is 32.7 Å². The Bertz CT molecular complexity index is 741. The number of aromatic nitrogens is 2. The molecule has 3 rings (SSSR count). The molecular weight excluding hydrogens is 330 g/mol. The number of carbonyl (C=O) groups excluding carboxylic acids is 2. The highest BCUT2D eigenvalue weighted by atomic mass is 16.6. The quantitative estimate of drug-likeness (QED) is 0.575. The van der Waals surface area contributed by atoms with Gasteiger partial charge in [-0.15, -0.1) is 0 Å². The first-order valence-electron chi connectivity index (χ1n) is 7.57. The van der Waals surface area contributed by atoms with Gasteiger partial charge in [-0.1, -0.05) is 0 Å². The maximum atomic E-state index is 11.0. The molecule has 9 nitrogen and oxygen atoms in total. The van der Waals surface area contributed by atoms with Gasteiger partial charge in [0.05, 0.1) is 39.1 Å². The van der Waals surface area contributed by atoms with Gasteiger partial charge in [0.15, 0.2) is 12.2 Å². The Hall–Kier alpha value is -2.65. The van der Waals surface area contributed by atoms with E-state index < -0.39 is 12.1 Å². The third-order valence-corrected chi connectivity index (χ3v) is 3.52. The Morgan fingerprint density at radius 1 is 1.44 bits per heavy atom. The number of hydrogen-bond donors (Lipinski definition) is 2. The molecule has 2 aromatic rings. The van der Waals surface area contributed by atoms with Crippen LogP contribution in [0.1, 0.15) is 0 Å². The van der Waals surface area contributed by atoms with Crippen molar-refractivity contribution in [2.45, 2.75) is 12.2 Å². The zero-order chi connectivity index (χ0) is 18.4. The Morgan fingerprint density at radius 2 is 2.16 bits per heavy atom. The fourth-order valence-electron chi connectivity index (χ4n) is 2.02. The number of ether oxygens (including phenoxy) is 3. The summed E-state index contributed by atoms with van der Waals surface area (Å²) in [6, 6.07) is 5.70. The highest BCUT2D eigenvalue weighted by Crippen LogP contribution is 2.18. The minimum Gasteiger partial charge on any atom is -0.467 e. The summed E-state index contributed by atoms with van der Waals surface area (Å²) in [6.45, 7) is 0.644. The van der Waals surface area contributed by atoms with Crippen molar-refractivity contribution in [3.8, 4) is 0 Å². The number of epoxide rings is 1. The van der Waals surface area contributed by atoms with Crippen LogP contribution in [0.4, 0.5) is 5.69 Å². The van der Waals surface area contributed by atoms with E-state index >= 15 is 0 Å². The Balaban J connectivity index is 0.000000269. The highest BCUT2D eigenvalue weighted by Gasteiger charge is 2.31. The Kier molecular flexibility index (Phi) is 6.31. The van der Waals surface area contributed by atoms with Crippen LogP contribution in [0, 0.1) is 0 Å². The lowest BCUT2D eigenvalue weighted by molar-refractivity contribution is -0.149. The second-order valence-corrected chi connectivity index (χ2v) is 5.31. The van der Waals surface area contributed by atoms with Crippen LogP contribution in [0.15, 0.2) is 24.4 Å². The summed E-state index contributed by atoms with van der Waals surface area (Å²) < 4.78 is 15.1. The van der Waals surface area contributed by atoms with Gasteiger partial charge in [-0.3, -0.25) is 4.68 Å². The van der Waals surface area contributed by atoms with Gasteiger partial charge in [-0.25, -0.2) is 9.59 Å². The molecule has 1 fully saturated rings. The van der Waals surface area contributed by atoms with Crippen molar-refractivity contribution in [1.82, 2.24) is 9.78 Å². The van der Waals surface area contributed by atoms with Crippen molar-refractivity contribution < 1.29 is 28.9 Å². The van der Waals surface area contributed by atoms with E-state index in [0.717, 1.165) is 16.6 Å². The number of esters is 2. The molecule has 0 radical (unpaired) electrons. The van der Waals surface area contributed by atoms with E-state index in [1.54, 1.807) is 10.9 Å². The number of benzene rings is 1. The molecule has 0 saturated carbocycles. The van der Waals surface area contributed by atoms with Gasteiger partial charge in [0, 0.05) is 18.1 Å². The smallest absolute Gasteiger partial charge is 0.337 e. The van der Waals surface area contributed by atoms with Crippen molar-refractivity contribution in [1.29, 1.82) is 0 Å². The first-order chi connectivity index (χ1) is 12.0. The lowest BCUT2D eigenvalue weighted by Crippen LogP contribution is -2.29. The average molecular weight is 351 g/mol. The molecule has 0 amide bonds. The number of aliphatic hydroxyl groups excluding tert-OH is 1. The third kappa shape index (κ3) is 5.16. The molecule has 25 heavy (non-hydrogen) atoms. The highest BCUT2D eigenvalue weighted by molar-refractivity contribution is 5.82. The van der Waals surface area contributed by atoms with Crippen LogP contribution >= 0.6 is 0 Å². The average Bonchev–Trinajstić information content (AvgIpc) is 3.42. The maximum absolute atomic E-state index is 11.0. The van der Waals surface area contributed by atoms with Crippen LogP contribution in [0.25, 0.3) is 10.9 Å². The zero-order valence-electron chi connectivity index (χ0n) is 14.3. The second-order valence-electron chi connectivity index (χ2n) is 5.31. The summed E-state index contributed by atoms with van der Waals surface area (Å²) in [5, 5.41) is 17.6. The monoisotopic (exact) mass is 351 g/mol. The number of aliphatic hydroxyl groups is 1. The van der Waals surface area contributed by atoms with Gasteiger partial charge in [0.1, 0.15) is 0 Å². The number of hydrogen-bond acceptors (Lipinski definition) is 8. The first kappa shape index (κ1) is 18.7. The van der Waals surface area contributed by atoms with E-state index in [4.69, 9.17) is 0 Å². The van der Waals surface area contributed by atoms with Gasteiger partial charge in [-0.2, -0.15) is 5.10 Å². The predicted molar refractivity (Wildman–Crippen MR) is 89.0 cm³/mol. The van der Waals surface area contributed by atoms with Gasteiger partial charge in [-0.05, 0) is 18.2 Å². The molecule has 1 aliphatic heterocycles. The number of anilines is 1. The fraction of sp³-hybridized carbons (Fsp3) is 0.438. The van der Waals surface area contributed by atoms with Gasteiger partial charge >= 0.3 is 11.9 Å². The van der Waals surface area contributed by atoms with Crippen LogP contribution in [-0.4, -0.2) is 66.4 Å². The summed E-state index contributed by atoms with van der Waals surface area (Å²) in [4.78, 5) is 21.3. The van der Waals surface area contributed by atoms with E-state index in [2.05, 4.69) is 24.6 Å². The van der Waals surface area contributed by atoms with Crippen LogP contribution in [0.3, 0.4) is 0 Å². The summed E-state index contributed by atoms with van der Waals surface area (Å²) in [6.07, 6.45) is 0.349. The number of nitrogens with zero attached hydrogens (tertiary/aromatic N) is 2. The predicted octanol–water partition coefficient (Wildman–Crippen LogP) is 0.0773. The molecule has 2 atom stereocenters. The van der Waals surface area contributed by atoms with Crippen molar-refractivity contribution in [2.24, 2.45) is 7.05 Å². The number of aryl methyl sites for hydroxylation is 1. The van der Waals surface area contributed by atoms with Crippen molar-refractivity contribution in [3.05, 3.63) is 24.4 Å². The standard InChI is InChI=1S/C12H15N3O3.C4H6O3/c1-15-10-4-3-9(5-8(10)6-14-15)13-7-11(16)12(17)18-2;1-6-4(5)3-2-7-3/h3-6,11,13,16H,7H2,1-2H3;3H,2H2,1H3/t11-;3-/m11/s1. The molecule has 1 saturated heterocycles. The van der Waals surface area contributed by atoms with E-state index in [1.165, 1.54) is 14.2 Å². The molecular formula is C16H21N3O6. The maximum Gasteiger partial charge on any atom is 0.337 e. The number of rotatable bonds is 5. The summed E-state index contributed by atoms with van der Waals surface area (Å²) in [7, 11) is 4.47. The SMILES string of the molecule is COC(=O)[C@H](O)CNc1ccc2c(cnn2C)c1.COC(=O)[C@H]1CO1. The summed E-state index contributed by atoms with van der Waals surface area (Å²) in [5.41, 5.74) is 1.84. The molecule has 2 N–H and O–H groups in total. The molecule has 0 aliphatic carbocycles. The molecule has 136 valence electrons. The van der Waals surface area contributed by atoms with Crippen LogP contribution in [-0.2, 0) is 30.8 Å². The summed E-state index contributed by atoms with van der Waals surface area (Å²) in [5.74, 6) is -0.912. The van der Waals surface area contributed by atoms with E-state index in [-0.39, 0.29) is 18.6 Å². The Morgan fingerprint density at radius 3 is 2.72 bits per heavy atom. The van der Waals surface area contributed by atoms with Gasteiger partial charge in [0.2, 0.25) is 0 Å². The number of fused-ring (bicyclic) bond motifs is 1. The minimum atomic E-state index is -1.17. The van der Waals surface area contributed by atoms with Gasteiger partial charge < -0.3 is 24.6 Å². The fourth-order valence-corrected chi connectivity index (χ4v) is 2.02. The van der Waals surface area contributed by atoms with E-state index in [9.17, 15) is 14.7 Å². The largest absolute Gasteiger partial charge is 0.467 e. The number of carbonyl (C=O) groups is 2. The normalized spacial score (nSPS) is 16.4. The van der Waals surface area contributed by atoms with Crippen LogP contribution < -0.4 is 5.32 Å². The lowest BCUT2D eigenvalue weighted by atomic mass is 10.2. The molecule has 0 unspecified atom stereocenters. The number of methoxy groups -OCH3 is 2. The summed E-state index contributed by atoms with van der Waals surface area (Å²) >= 11 is 0. The lowest BCUT2D eigenvalue weighted by Gasteiger charge is -2.10. The topological polar surface area (TPSA) is 115 Å². The molecule has 0 spiro atoms. The van der Waals surface area contributed by atoms with Crippen molar-refractivity contribution in [3.63, 3.8) is 0 Å². The first-order valence-corrected chi connectivity index (χ1v) is 7.57. The molecule has 0 bridgehead atoms. The molecule has 1 aromatic heterocycles. The molecule has 1 aliphatic rings. The molecule has 9 heteroatoms. The van der Waals surface area contributed by atoms with Crippen LogP contribution in [0.2, 0.25) is 0 Å². The minimum absolute atomic E-state index is 0.110. The second kappa shape index (κ2) is 8.45. The van der Waals surface area contributed by atoms with E-state index in [0.29, 0.717) is 6.61 Å². The van der Waals surface area contributed by atoms with Crippen LogP contribution in [0.5, 0.6) is 0 Å². The zero-order valence-corrected chi connectivity index (χ0v) is 14.3. The number of nitrogens with one attached hydrogen (secondary N) is 1.